The van der Waals surface area contributed by atoms with Gasteiger partial charge in [0.1, 0.15) is 0 Å². The van der Waals surface area contributed by atoms with Crippen molar-refractivity contribution in [2.45, 2.75) is 32.2 Å². The molecule has 1 fully saturated rings. The number of rotatable bonds is 6. The molecule has 0 aromatic carbocycles. The molecule has 1 saturated carbocycles. The second-order valence-electron chi connectivity index (χ2n) is 5.67. The highest BCUT2D eigenvalue weighted by atomic mass is 79.9. The Kier molecular flexibility index (Phi) is 5.24. The fraction of sp³-hybridized carbons (Fsp3) is 0.714. The minimum atomic E-state index is 0.511. The average Bonchev–Trinajstić information content (AvgIpc) is 2.89. The molecule has 0 spiro atoms. The van der Waals surface area contributed by atoms with Gasteiger partial charge in [-0.05, 0) is 65.3 Å². The number of halogens is 1. The smallest absolute Gasteiger partial charge is 0.0701 e. The predicted octanol–water partition coefficient (Wildman–Crippen LogP) is 3.72. The van der Waals surface area contributed by atoms with Crippen molar-refractivity contribution in [1.29, 1.82) is 0 Å². The second-order valence-corrected chi connectivity index (χ2v) is 7.96. The molecule has 4 heteroatoms. The summed E-state index contributed by atoms with van der Waals surface area (Å²) in [6, 6.07) is 2.24. The fourth-order valence-corrected chi connectivity index (χ4v) is 4.46. The first-order chi connectivity index (χ1) is 8.63. The predicted molar refractivity (Wildman–Crippen MR) is 83.2 cm³/mol. The topological polar surface area (TPSA) is 15.3 Å². The van der Waals surface area contributed by atoms with E-state index < -0.39 is 0 Å². The van der Waals surface area contributed by atoms with Gasteiger partial charge < -0.3 is 10.2 Å². The van der Waals surface area contributed by atoms with Crippen LogP contribution >= 0.6 is 27.3 Å². The highest BCUT2D eigenvalue weighted by Gasteiger charge is 2.34. The lowest BCUT2D eigenvalue weighted by Crippen LogP contribution is -2.40. The summed E-state index contributed by atoms with van der Waals surface area (Å²) in [7, 11) is 4.33. The van der Waals surface area contributed by atoms with Gasteiger partial charge in [0.15, 0.2) is 0 Å². The molecule has 0 radical (unpaired) electrons. The molecule has 1 heterocycles. The first-order valence-electron chi connectivity index (χ1n) is 6.70. The van der Waals surface area contributed by atoms with Gasteiger partial charge in [-0.3, -0.25) is 0 Å². The Morgan fingerprint density at radius 2 is 2.17 bits per heavy atom. The molecule has 0 saturated heterocycles. The molecule has 1 aliphatic carbocycles. The van der Waals surface area contributed by atoms with Gasteiger partial charge in [0.25, 0.3) is 0 Å². The van der Waals surface area contributed by atoms with Gasteiger partial charge in [-0.1, -0.05) is 12.8 Å². The van der Waals surface area contributed by atoms with Gasteiger partial charge in [-0.15, -0.1) is 11.3 Å². The Bertz CT molecular complexity index is 372. The van der Waals surface area contributed by atoms with Gasteiger partial charge in [0.2, 0.25) is 0 Å². The molecule has 0 atom stereocenters. The molecule has 0 bridgehead atoms. The van der Waals surface area contributed by atoms with Crippen molar-refractivity contribution in [1.82, 2.24) is 10.2 Å². The van der Waals surface area contributed by atoms with Crippen LogP contribution in [0.3, 0.4) is 0 Å². The quantitative estimate of drug-likeness (QED) is 0.855. The zero-order chi connectivity index (χ0) is 13.0. The summed E-state index contributed by atoms with van der Waals surface area (Å²) in [6.07, 6.45) is 5.57. The molecule has 1 aliphatic rings. The van der Waals surface area contributed by atoms with Crippen LogP contribution in [0, 0.1) is 5.41 Å². The molecular formula is C14H23BrN2S. The lowest BCUT2D eigenvalue weighted by Gasteiger charge is -2.33. The highest BCUT2D eigenvalue weighted by molar-refractivity contribution is 9.11. The van der Waals surface area contributed by atoms with Crippen LogP contribution in [0.1, 0.15) is 31.2 Å². The zero-order valence-corrected chi connectivity index (χ0v) is 13.7. The van der Waals surface area contributed by atoms with Crippen LogP contribution in [0.25, 0.3) is 0 Å². The maximum Gasteiger partial charge on any atom is 0.0701 e. The SMILES string of the molecule is CNCC1(CN(C)Cc2csc(Br)c2)CCCC1. The molecule has 102 valence electrons. The number of thiophene rings is 1. The number of nitrogens with one attached hydrogen (secondary N) is 1. The van der Waals surface area contributed by atoms with Crippen molar-refractivity contribution in [2.24, 2.45) is 5.41 Å². The minimum Gasteiger partial charge on any atom is -0.319 e. The van der Waals surface area contributed by atoms with Crippen LogP contribution in [0.5, 0.6) is 0 Å². The van der Waals surface area contributed by atoms with E-state index in [1.807, 2.05) is 0 Å². The van der Waals surface area contributed by atoms with Crippen LogP contribution in [0.4, 0.5) is 0 Å². The Balaban J connectivity index is 1.90. The van der Waals surface area contributed by atoms with Crippen molar-refractivity contribution >= 4 is 27.3 Å². The van der Waals surface area contributed by atoms with Crippen LogP contribution in [0.2, 0.25) is 0 Å². The molecule has 1 aromatic heterocycles. The number of hydrogen-bond acceptors (Lipinski definition) is 3. The molecule has 0 aliphatic heterocycles. The van der Waals surface area contributed by atoms with E-state index in [2.05, 4.69) is 51.7 Å². The molecule has 1 aromatic rings. The normalized spacial score (nSPS) is 18.7. The first kappa shape index (κ1) is 14.5. The van der Waals surface area contributed by atoms with E-state index >= 15 is 0 Å². The largest absolute Gasteiger partial charge is 0.319 e. The maximum absolute atomic E-state index is 3.54. The van der Waals surface area contributed by atoms with E-state index in [9.17, 15) is 0 Å². The lowest BCUT2D eigenvalue weighted by atomic mass is 9.85. The third-order valence-corrected chi connectivity index (χ3v) is 5.45. The summed E-state index contributed by atoms with van der Waals surface area (Å²) in [5, 5.41) is 5.64. The van der Waals surface area contributed by atoms with E-state index in [1.165, 1.54) is 41.6 Å². The summed E-state index contributed by atoms with van der Waals surface area (Å²) in [4.78, 5) is 2.48. The molecule has 2 nitrogen and oxygen atoms in total. The van der Waals surface area contributed by atoms with E-state index in [4.69, 9.17) is 0 Å². The van der Waals surface area contributed by atoms with Gasteiger partial charge in [-0.25, -0.2) is 0 Å². The van der Waals surface area contributed by atoms with Gasteiger partial charge in [0.05, 0.1) is 3.79 Å². The Hall–Kier alpha value is 0.100. The average molecular weight is 331 g/mol. The Labute approximate surface area is 123 Å². The number of nitrogens with zero attached hydrogens (tertiary/aromatic N) is 1. The summed E-state index contributed by atoms with van der Waals surface area (Å²) in [6.45, 7) is 3.43. The third kappa shape index (κ3) is 3.80. The summed E-state index contributed by atoms with van der Waals surface area (Å²) in [5.74, 6) is 0. The molecule has 0 amide bonds. The van der Waals surface area contributed by atoms with E-state index in [1.54, 1.807) is 11.3 Å². The highest BCUT2D eigenvalue weighted by Crippen LogP contribution is 2.38. The van der Waals surface area contributed by atoms with Gasteiger partial charge in [-0.2, -0.15) is 0 Å². The van der Waals surface area contributed by atoms with E-state index in [0.29, 0.717) is 5.41 Å². The van der Waals surface area contributed by atoms with Gasteiger partial charge >= 0.3 is 0 Å². The third-order valence-electron chi connectivity index (χ3n) is 3.90. The summed E-state index contributed by atoms with van der Waals surface area (Å²) < 4.78 is 1.23. The monoisotopic (exact) mass is 330 g/mol. The fourth-order valence-electron chi connectivity index (χ4n) is 3.26. The standard InChI is InChI=1S/C14H23BrN2S/c1-16-10-14(5-3-4-6-14)11-17(2)8-12-7-13(15)18-9-12/h7,9,16H,3-6,8,10-11H2,1-2H3. The van der Waals surface area contributed by atoms with Crippen LogP contribution < -0.4 is 5.32 Å². The van der Waals surface area contributed by atoms with E-state index in [-0.39, 0.29) is 0 Å². The zero-order valence-electron chi connectivity index (χ0n) is 11.3. The molecule has 18 heavy (non-hydrogen) atoms. The Morgan fingerprint density at radius 1 is 1.44 bits per heavy atom. The van der Waals surface area contributed by atoms with Crippen molar-refractivity contribution < 1.29 is 0 Å². The molecular weight excluding hydrogens is 308 g/mol. The van der Waals surface area contributed by atoms with Crippen molar-refractivity contribution in [3.63, 3.8) is 0 Å². The molecule has 0 unspecified atom stereocenters. The van der Waals surface area contributed by atoms with E-state index in [0.717, 1.165) is 13.1 Å². The van der Waals surface area contributed by atoms with Crippen molar-refractivity contribution in [3.8, 4) is 0 Å². The second kappa shape index (κ2) is 6.51. The van der Waals surface area contributed by atoms with Gasteiger partial charge in [0, 0.05) is 19.6 Å². The van der Waals surface area contributed by atoms with Crippen LogP contribution in [-0.2, 0) is 6.54 Å². The summed E-state index contributed by atoms with van der Waals surface area (Å²) >= 11 is 5.31. The van der Waals surface area contributed by atoms with Crippen LogP contribution in [-0.4, -0.2) is 32.1 Å². The number of hydrogen-bond donors (Lipinski definition) is 1. The molecule has 2 rings (SSSR count). The van der Waals surface area contributed by atoms with Crippen LogP contribution in [0.15, 0.2) is 15.2 Å². The minimum absolute atomic E-state index is 0.511. The van der Waals surface area contributed by atoms with Crippen molar-refractivity contribution in [3.05, 3.63) is 20.8 Å². The van der Waals surface area contributed by atoms with Crippen molar-refractivity contribution in [2.75, 3.05) is 27.2 Å². The first-order valence-corrected chi connectivity index (χ1v) is 8.37. The summed E-state index contributed by atoms with van der Waals surface area (Å²) in [5.41, 5.74) is 1.93. The Morgan fingerprint density at radius 3 is 2.72 bits per heavy atom. The molecule has 1 N–H and O–H groups in total. The maximum atomic E-state index is 3.54. The lowest BCUT2D eigenvalue weighted by molar-refractivity contribution is 0.170.